The molecule has 74 valence electrons. The largest absolute Gasteiger partial charge is 0.617 e. The highest BCUT2D eigenvalue weighted by Gasteiger charge is 2.14. The van der Waals surface area contributed by atoms with Crippen LogP contribution in [0.1, 0.15) is 0 Å². The van der Waals surface area contributed by atoms with Gasteiger partial charge in [0.25, 0.3) is 0 Å². The molecular formula is C9H9NO2S2. The first-order valence-electron chi connectivity index (χ1n) is 4.06. The molecule has 2 aromatic rings. The summed E-state index contributed by atoms with van der Waals surface area (Å²) in [5.41, 5.74) is 0.733. The minimum Gasteiger partial charge on any atom is -0.617 e. The molecule has 0 aliphatic rings. The summed E-state index contributed by atoms with van der Waals surface area (Å²) in [6.45, 7) is 0. The van der Waals surface area contributed by atoms with Crippen LogP contribution in [0.15, 0.2) is 28.6 Å². The van der Waals surface area contributed by atoms with Gasteiger partial charge in [-0.15, -0.1) is 4.73 Å². The Hall–Kier alpha value is -0.780. The van der Waals surface area contributed by atoms with Crippen molar-refractivity contribution in [1.29, 1.82) is 0 Å². The average molecular weight is 227 g/mol. The number of thiazole rings is 1. The molecule has 1 aromatic heterocycles. The van der Waals surface area contributed by atoms with E-state index in [1.807, 2.05) is 24.3 Å². The van der Waals surface area contributed by atoms with Crippen molar-refractivity contribution in [2.45, 2.75) is 4.34 Å². The lowest BCUT2D eigenvalue weighted by molar-refractivity contribution is -0.611. The Morgan fingerprint density at radius 3 is 3.00 bits per heavy atom. The van der Waals surface area contributed by atoms with Crippen molar-refractivity contribution in [2.24, 2.45) is 0 Å². The second kappa shape index (κ2) is 4.16. The first-order chi connectivity index (χ1) is 6.83. The molecule has 0 N–H and O–H groups in total. The summed E-state index contributed by atoms with van der Waals surface area (Å²) in [7, 11) is 1.62. The van der Waals surface area contributed by atoms with Crippen molar-refractivity contribution in [3.05, 3.63) is 29.5 Å². The maximum Gasteiger partial charge on any atom is 0.312 e. The van der Waals surface area contributed by atoms with Crippen molar-refractivity contribution in [3.63, 3.8) is 0 Å². The third kappa shape index (κ3) is 1.70. The topological polar surface area (TPSA) is 36.2 Å². The number of rotatable bonds is 3. The normalized spacial score (nSPS) is 10.9. The van der Waals surface area contributed by atoms with Crippen molar-refractivity contribution in [3.8, 4) is 0 Å². The number of hydrogen-bond donors (Lipinski definition) is 0. The summed E-state index contributed by atoms with van der Waals surface area (Å²) in [6.07, 6.45) is 0. The Labute approximate surface area is 89.9 Å². The van der Waals surface area contributed by atoms with Gasteiger partial charge in [-0.05, 0) is 17.8 Å². The second-order valence-corrected chi connectivity index (χ2v) is 4.88. The number of ether oxygens (including phenoxy) is 1. The zero-order chi connectivity index (χ0) is 9.97. The molecule has 0 fully saturated rings. The average Bonchev–Trinajstić information content (AvgIpc) is 2.54. The maximum absolute atomic E-state index is 11.7. The lowest BCUT2D eigenvalue weighted by Gasteiger charge is -1.96. The molecule has 0 atom stereocenters. The van der Waals surface area contributed by atoms with Gasteiger partial charge >= 0.3 is 4.34 Å². The molecule has 1 aromatic carbocycles. The zero-order valence-corrected chi connectivity index (χ0v) is 9.23. The van der Waals surface area contributed by atoms with Crippen molar-refractivity contribution < 1.29 is 9.47 Å². The Bertz CT molecular complexity index is 441. The molecule has 3 nitrogen and oxygen atoms in total. The fourth-order valence-electron chi connectivity index (χ4n) is 1.14. The highest BCUT2D eigenvalue weighted by molar-refractivity contribution is 8.00. The van der Waals surface area contributed by atoms with E-state index < -0.39 is 0 Å². The zero-order valence-electron chi connectivity index (χ0n) is 7.60. The molecule has 0 amide bonds. The summed E-state index contributed by atoms with van der Waals surface area (Å²) in [5, 5.41) is 11.7. The third-order valence-electron chi connectivity index (χ3n) is 1.75. The molecule has 0 saturated heterocycles. The summed E-state index contributed by atoms with van der Waals surface area (Å²) in [6, 6.07) is 7.58. The molecule has 0 saturated carbocycles. The van der Waals surface area contributed by atoms with Crippen LogP contribution in [0.25, 0.3) is 10.2 Å². The Balaban J connectivity index is 2.41. The number of aromatic nitrogens is 1. The van der Waals surface area contributed by atoms with E-state index in [2.05, 4.69) is 0 Å². The van der Waals surface area contributed by atoms with Gasteiger partial charge in [-0.2, -0.15) is 0 Å². The summed E-state index contributed by atoms with van der Waals surface area (Å²) in [5.74, 6) is 0.509. The van der Waals surface area contributed by atoms with Crippen LogP contribution in [0.3, 0.4) is 0 Å². The number of thioether (sulfide) groups is 1. The van der Waals surface area contributed by atoms with Crippen molar-refractivity contribution in [2.75, 3.05) is 13.0 Å². The molecule has 0 radical (unpaired) electrons. The van der Waals surface area contributed by atoms with E-state index in [0.29, 0.717) is 5.94 Å². The number of fused-ring (bicyclic) bond motifs is 1. The van der Waals surface area contributed by atoms with Crippen LogP contribution < -0.4 is 4.73 Å². The van der Waals surface area contributed by atoms with E-state index >= 15 is 0 Å². The highest BCUT2D eigenvalue weighted by atomic mass is 32.2. The van der Waals surface area contributed by atoms with Crippen LogP contribution in [-0.2, 0) is 4.74 Å². The second-order valence-electron chi connectivity index (χ2n) is 2.68. The Kier molecular flexibility index (Phi) is 2.90. The van der Waals surface area contributed by atoms with Gasteiger partial charge in [0.2, 0.25) is 5.52 Å². The molecule has 5 heteroatoms. The summed E-state index contributed by atoms with van der Waals surface area (Å²) in [4.78, 5) is 0. The predicted molar refractivity (Wildman–Crippen MR) is 58.5 cm³/mol. The lowest BCUT2D eigenvalue weighted by atomic mass is 10.3. The Morgan fingerprint density at radius 2 is 2.29 bits per heavy atom. The van der Waals surface area contributed by atoms with Crippen molar-refractivity contribution in [1.82, 2.24) is 0 Å². The lowest BCUT2D eigenvalue weighted by Crippen LogP contribution is -2.25. The molecule has 0 spiro atoms. The molecule has 14 heavy (non-hydrogen) atoms. The van der Waals surface area contributed by atoms with Gasteiger partial charge < -0.3 is 9.94 Å². The number of benzene rings is 1. The van der Waals surface area contributed by atoms with E-state index in [0.717, 1.165) is 19.3 Å². The van der Waals surface area contributed by atoms with E-state index in [4.69, 9.17) is 4.74 Å². The number of methoxy groups -OCH3 is 1. The van der Waals surface area contributed by atoms with Crippen LogP contribution in [0.5, 0.6) is 0 Å². The molecule has 2 rings (SSSR count). The van der Waals surface area contributed by atoms with E-state index in [1.54, 1.807) is 7.11 Å². The first-order valence-corrected chi connectivity index (χ1v) is 5.86. The van der Waals surface area contributed by atoms with Gasteiger partial charge in [0, 0.05) is 13.2 Å². The highest BCUT2D eigenvalue weighted by Crippen LogP contribution is 2.27. The minimum atomic E-state index is 0.509. The number of hydrogen-bond acceptors (Lipinski definition) is 4. The van der Waals surface area contributed by atoms with Gasteiger partial charge in [0.1, 0.15) is 10.6 Å². The van der Waals surface area contributed by atoms with Gasteiger partial charge in [-0.3, -0.25) is 0 Å². The number of nitrogens with zero attached hydrogens (tertiary/aromatic N) is 1. The quantitative estimate of drug-likeness (QED) is 0.349. The standard InChI is InChI=1S/C9H9NO2S2/c1-12-6-13-9-10(11)7-4-2-3-5-8(7)14-9/h2-5H,6H2,1H3. The third-order valence-corrected chi connectivity index (χ3v) is 4.02. The molecular weight excluding hydrogens is 218 g/mol. The fourth-order valence-corrected chi connectivity index (χ4v) is 3.00. The van der Waals surface area contributed by atoms with Gasteiger partial charge in [0.15, 0.2) is 0 Å². The monoisotopic (exact) mass is 227 g/mol. The van der Waals surface area contributed by atoms with Crippen LogP contribution >= 0.6 is 23.1 Å². The number of para-hydroxylation sites is 1. The minimum absolute atomic E-state index is 0.509. The van der Waals surface area contributed by atoms with Gasteiger partial charge in [0.05, 0.1) is 0 Å². The van der Waals surface area contributed by atoms with Crippen LogP contribution in [-0.4, -0.2) is 13.0 Å². The van der Waals surface area contributed by atoms with Gasteiger partial charge in [-0.1, -0.05) is 23.5 Å². The van der Waals surface area contributed by atoms with E-state index in [1.165, 1.54) is 23.1 Å². The SMILES string of the molecule is COCSc1sc2ccccc2[n+]1[O-]. The first kappa shape index (κ1) is 9.76. The van der Waals surface area contributed by atoms with E-state index in [9.17, 15) is 5.21 Å². The molecule has 1 heterocycles. The molecule has 0 aliphatic heterocycles. The maximum atomic E-state index is 11.7. The fraction of sp³-hybridized carbons (Fsp3) is 0.222. The summed E-state index contributed by atoms with van der Waals surface area (Å²) < 4.78 is 7.62. The van der Waals surface area contributed by atoms with Crippen LogP contribution in [0, 0.1) is 5.21 Å². The predicted octanol–water partition coefficient (Wildman–Crippen LogP) is 2.23. The van der Waals surface area contributed by atoms with E-state index in [-0.39, 0.29) is 0 Å². The molecule has 0 bridgehead atoms. The smallest absolute Gasteiger partial charge is 0.312 e. The van der Waals surface area contributed by atoms with Crippen LogP contribution in [0.4, 0.5) is 0 Å². The van der Waals surface area contributed by atoms with Crippen molar-refractivity contribution >= 4 is 33.3 Å². The Morgan fingerprint density at radius 1 is 1.50 bits per heavy atom. The summed E-state index contributed by atoms with van der Waals surface area (Å²) >= 11 is 2.92. The molecule has 0 aliphatic carbocycles. The van der Waals surface area contributed by atoms with Crippen LogP contribution in [0.2, 0.25) is 0 Å². The van der Waals surface area contributed by atoms with Gasteiger partial charge in [-0.25, -0.2) is 0 Å². The molecule has 0 unspecified atom stereocenters.